The van der Waals surface area contributed by atoms with Crippen LogP contribution < -0.4 is 4.90 Å². The fourth-order valence-electron chi connectivity index (χ4n) is 3.49. The van der Waals surface area contributed by atoms with Crippen molar-refractivity contribution in [1.29, 1.82) is 0 Å². The molecule has 1 N–H and O–H groups in total. The zero-order chi connectivity index (χ0) is 15.2. The molecule has 21 heavy (non-hydrogen) atoms. The Hall–Kier alpha value is -1.21. The molecule has 0 spiro atoms. The molecule has 1 saturated heterocycles. The Morgan fingerprint density at radius 1 is 1.19 bits per heavy atom. The predicted molar refractivity (Wildman–Crippen MR) is 74.1 cm³/mol. The van der Waals surface area contributed by atoms with Crippen molar-refractivity contribution in [3.63, 3.8) is 0 Å². The summed E-state index contributed by atoms with van der Waals surface area (Å²) in [7, 11) is -4.62. The Bertz CT molecular complexity index is 635. The number of anilines is 1. The zero-order valence-electron chi connectivity index (χ0n) is 11.3. The number of aliphatic hydroxyl groups is 1. The third-order valence-corrected chi connectivity index (χ3v) is 5.99. The number of hydrogen-bond donors (Lipinski definition) is 1. The van der Waals surface area contributed by atoms with Gasteiger partial charge in [-0.3, -0.25) is 0 Å². The Labute approximate surface area is 122 Å². The second-order valence-electron chi connectivity index (χ2n) is 5.75. The predicted octanol–water partition coefficient (Wildman–Crippen LogP) is 1.89. The van der Waals surface area contributed by atoms with Crippen LogP contribution in [0.25, 0.3) is 0 Å². The molecule has 3 atom stereocenters. The van der Waals surface area contributed by atoms with Gasteiger partial charge in [-0.15, -0.1) is 0 Å². The largest absolute Gasteiger partial charge is 0.393 e. The van der Waals surface area contributed by atoms with E-state index in [1.165, 1.54) is 12.1 Å². The van der Waals surface area contributed by atoms with Crippen molar-refractivity contribution in [2.24, 2.45) is 11.8 Å². The van der Waals surface area contributed by atoms with Crippen LogP contribution in [0.1, 0.15) is 12.8 Å². The molecule has 0 amide bonds. The Morgan fingerprint density at radius 2 is 1.90 bits per heavy atom. The number of sulfone groups is 1. The summed E-state index contributed by atoms with van der Waals surface area (Å²) in [6.07, 6.45) is 1.28. The van der Waals surface area contributed by atoms with E-state index in [-0.39, 0.29) is 16.9 Å². The number of halogens is 2. The molecule has 116 valence electrons. The highest BCUT2D eigenvalue weighted by Gasteiger charge is 2.43. The average molecular weight is 317 g/mol. The van der Waals surface area contributed by atoms with Crippen molar-refractivity contribution >= 4 is 15.5 Å². The molecule has 7 heteroatoms. The molecular formula is C14H17F2NO3S. The van der Waals surface area contributed by atoms with Gasteiger partial charge in [0.25, 0.3) is 0 Å². The van der Waals surface area contributed by atoms with E-state index in [0.29, 0.717) is 24.7 Å². The van der Waals surface area contributed by atoms with E-state index < -0.39 is 15.6 Å². The molecule has 0 radical (unpaired) electrons. The fourth-order valence-corrected chi connectivity index (χ4v) is 4.44. The van der Waals surface area contributed by atoms with Crippen molar-refractivity contribution in [2.45, 2.75) is 29.6 Å². The molecule has 4 nitrogen and oxygen atoms in total. The minimum absolute atomic E-state index is 0.104. The SMILES string of the molecule is O=S(=O)(c1ccccc1N1CC2CCC(O)C2C1)C(F)F. The maximum absolute atomic E-state index is 12.8. The van der Waals surface area contributed by atoms with Gasteiger partial charge in [0.15, 0.2) is 0 Å². The standard InChI is InChI=1S/C14H17F2NO3S/c15-14(16)21(19,20)13-4-2-1-3-11(13)17-7-9-5-6-12(18)10(9)8-17/h1-4,9-10,12,14,18H,5-8H2. The summed E-state index contributed by atoms with van der Waals surface area (Å²) in [4.78, 5) is 1.49. The number of nitrogens with zero attached hydrogens (tertiary/aromatic N) is 1. The van der Waals surface area contributed by atoms with Gasteiger partial charge in [-0.25, -0.2) is 8.42 Å². The van der Waals surface area contributed by atoms with Crippen molar-refractivity contribution in [3.8, 4) is 0 Å². The number of rotatable bonds is 3. The van der Waals surface area contributed by atoms with Gasteiger partial charge in [-0.05, 0) is 30.9 Å². The van der Waals surface area contributed by atoms with E-state index >= 15 is 0 Å². The fraction of sp³-hybridized carbons (Fsp3) is 0.571. The average Bonchev–Trinajstić information content (AvgIpc) is 3.01. The van der Waals surface area contributed by atoms with Crippen LogP contribution in [0.4, 0.5) is 14.5 Å². The van der Waals surface area contributed by atoms with Gasteiger partial charge >= 0.3 is 5.76 Å². The van der Waals surface area contributed by atoms with Gasteiger partial charge in [0, 0.05) is 19.0 Å². The molecule has 1 aromatic carbocycles. The molecule has 3 rings (SSSR count). The molecule has 2 fully saturated rings. The number of para-hydroxylation sites is 1. The lowest BCUT2D eigenvalue weighted by Crippen LogP contribution is -2.26. The number of benzene rings is 1. The Kier molecular flexibility index (Phi) is 3.65. The summed E-state index contributed by atoms with van der Waals surface area (Å²) >= 11 is 0. The molecule has 0 aromatic heterocycles. The molecule has 1 aliphatic heterocycles. The molecule has 0 bridgehead atoms. The highest BCUT2D eigenvalue weighted by molar-refractivity contribution is 7.91. The van der Waals surface area contributed by atoms with Crippen LogP contribution in [-0.2, 0) is 9.84 Å². The maximum Gasteiger partial charge on any atom is 0.341 e. The van der Waals surface area contributed by atoms with Crippen LogP contribution >= 0.6 is 0 Å². The van der Waals surface area contributed by atoms with E-state index in [1.807, 2.05) is 4.90 Å². The Balaban J connectivity index is 1.94. The summed E-state index contributed by atoms with van der Waals surface area (Å²) < 4.78 is 49.2. The molecule has 3 unspecified atom stereocenters. The van der Waals surface area contributed by atoms with E-state index in [1.54, 1.807) is 12.1 Å². The lowest BCUT2D eigenvalue weighted by Gasteiger charge is -2.23. The van der Waals surface area contributed by atoms with E-state index in [0.717, 1.165) is 12.8 Å². The lowest BCUT2D eigenvalue weighted by molar-refractivity contribution is 0.133. The molecule has 1 aromatic rings. The van der Waals surface area contributed by atoms with Crippen molar-refractivity contribution < 1.29 is 22.3 Å². The summed E-state index contributed by atoms with van der Waals surface area (Å²) in [6, 6.07) is 5.87. The first-order valence-corrected chi connectivity index (χ1v) is 8.50. The first-order valence-electron chi connectivity index (χ1n) is 6.95. The molecular weight excluding hydrogens is 300 g/mol. The summed E-state index contributed by atoms with van der Waals surface area (Å²) in [5.41, 5.74) is 0.319. The third-order valence-electron chi connectivity index (χ3n) is 4.57. The number of hydrogen-bond acceptors (Lipinski definition) is 4. The smallest absolute Gasteiger partial charge is 0.341 e. The molecule has 1 aliphatic carbocycles. The monoisotopic (exact) mass is 317 g/mol. The van der Waals surface area contributed by atoms with Crippen LogP contribution in [0.3, 0.4) is 0 Å². The second kappa shape index (κ2) is 5.21. The van der Waals surface area contributed by atoms with Gasteiger partial charge in [0.2, 0.25) is 9.84 Å². The van der Waals surface area contributed by atoms with Crippen LogP contribution in [0.2, 0.25) is 0 Å². The number of alkyl halides is 2. The lowest BCUT2D eigenvalue weighted by atomic mass is 10.00. The van der Waals surface area contributed by atoms with Crippen LogP contribution in [0.15, 0.2) is 29.2 Å². The van der Waals surface area contributed by atoms with Crippen molar-refractivity contribution in [2.75, 3.05) is 18.0 Å². The van der Waals surface area contributed by atoms with E-state index in [4.69, 9.17) is 0 Å². The van der Waals surface area contributed by atoms with Gasteiger partial charge in [0.1, 0.15) is 0 Å². The van der Waals surface area contributed by atoms with Gasteiger partial charge in [-0.1, -0.05) is 12.1 Å². The van der Waals surface area contributed by atoms with Crippen molar-refractivity contribution in [1.82, 2.24) is 0 Å². The van der Waals surface area contributed by atoms with Crippen LogP contribution in [0.5, 0.6) is 0 Å². The number of aliphatic hydroxyl groups excluding tert-OH is 1. The van der Waals surface area contributed by atoms with E-state index in [9.17, 15) is 22.3 Å². The van der Waals surface area contributed by atoms with Crippen molar-refractivity contribution in [3.05, 3.63) is 24.3 Å². The first kappa shape index (κ1) is 14.7. The zero-order valence-corrected chi connectivity index (χ0v) is 12.1. The van der Waals surface area contributed by atoms with Gasteiger partial charge in [0.05, 0.1) is 16.7 Å². The van der Waals surface area contributed by atoms with Crippen LogP contribution in [-0.4, -0.2) is 38.5 Å². The second-order valence-corrected chi connectivity index (χ2v) is 7.63. The summed E-state index contributed by atoms with van der Waals surface area (Å²) in [6.45, 7) is 1.12. The van der Waals surface area contributed by atoms with Gasteiger partial charge in [-0.2, -0.15) is 8.78 Å². The normalized spacial score (nSPS) is 29.1. The quantitative estimate of drug-likeness (QED) is 0.925. The number of fused-ring (bicyclic) bond motifs is 1. The maximum atomic E-state index is 12.8. The molecule has 1 heterocycles. The van der Waals surface area contributed by atoms with Gasteiger partial charge < -0.3 is 10.0 Å². The molecule has 1 saturated carbocycles. The summed E-state index contributed by atoms with van der Waals surface area (Å²) in [5, 5.41) is 9.92. The minimum atomic E-state index is -4.62. The highest BCUT2D eigenvalue weighted by Crippen LogP contribution is 2.41. The third kappa shape index (κ3) is 2.42. The Morgan fingerprint density at radius 3 is 2.57 bits per heavy atom. The summed E-state index contributed by atoms with van der Waals surface area (Å²) in [5.74, 6) is -3.01. The first-order chi connectivity index (χ1) is 9.91. The van der Waals surface area contributed by atoms with E-state index in [2.05, 4.69) is 0 Å². The minimum Gasteiger partial charge on any atom is -0.393 e. The topological polar surface area (TPSA) is 57.6 Å². The molecule has 2 aliphatic rings. The highest BCUT2D eigenvalue weighted by atomic mass is 32.2. The van der Waals surface area contributed by atoms with Crippen LogP contribution in [0, 0.1) is 11.8 Å².